The van der Waals surface area contributed by atoms with Crippen LogP contribution in [-0.2, 0) is 0 Å². The SMILES string of the molecule is Cc1ccc(C#N)c(Nc2ccc(F)cc2Br)n1. The van der Waals surface area contributed by atoms with Gasteiger partial charge in [0.15, 0.2) is 0 Å². The third-order valence-corrected chi connectivity index (χ3v) is 3.00. The molecule has 0 bridgehead atoms. The minimum absolute atomic E-state index is 0.329. The van der Waals surface area contributed by atoms with Gasteiger partial charge in [0.2, 0.25) is 0 Å². The fourth-order valence-electron chi connectivity index (χ4n) is 1.46. The average molecular weight is 306 g/mol. The van der Waals surface area contributed by atoms with Gasteiger partial charge in [0.1, 0.15) is 17.7 Å². The third kappa shape index (κ3) is 2.66. The summed E-state index contributed by atoms with van der Waals surface area (Å²) >= 11 is 3.26. The van der Waals surface area contributed by atoms with Crippen molar-refractivity contribution < 1.29 is 4.39 Å². The van der Waals surface area contributed by atoms with Gasteiger partial charge in [0.25, 0.3) is 0 Å². The Labute approximate surface area is 112 Å². The maximum absolute atomic E-state index is 13.0. The van der Waals surface area contributed by atoms with Crippen LogP contribution < -0.4 is 5.32 Å². The smallest absolute Gasteiger partial charge is 0.148 e. The van der Waals surface area contributed by atoms with E-state index in [1.807, 2.05) is 6.92 Å². The minimum atomic E-state index is -0.329. The molecule has 0 atom stereocenters. The van der Waals surface area contributed by atoms with Gasteiger partial charge in [-0.2, -0.15) is 5.26 Å². The van der Waals surface area contributed by atoms with Gasteiger partial charge in [-0.1, -0.05) is 0 Å². The van der Waals surface area contributed by atoms with Crippen LogP contribution in [0.4, 0.5) is 15.9 Å². The first-order valence-electron chi connectivity index (χ1n) is 5.20. The Morgan fingerprint density at radius 1 is 1.33 bits per heavy atom. The highest BCUT2D eigenvalue weighted by atomic mass is 79.9. The van der Waals surface area contributed by atoms with E-state index >= 15 is 0 Å². The second-order valence-corrected chi connectivity index (χ2v) is 4.56. The zero-order chi connectivity index (χ0) is 13.1. The van der Waals surface area contributed by atoms with Gasteiger partial charge in [0.05, 0.1) is 11.3 Å². The van der Waals surface area contributed by atoms with Crippen molar-refractivity contribution in [2.75, 3.05) is 5.32 Å². The number of nitrogens with zero attached hydrogens (tertiary/aromatic N) is 2. The number of nitriles is 1. The van der Waals surface area contributed by atoms with Crippen molar-refractivity contribution in [3.05, 3.63) is 51.9 Å². The van der Waals surface area contributed by atoms with Crippen LogP contribution in [-0.4, -0.2) is 4.98 Å². The third-order valence-electron chi connectivity index (χ3n) is 2.34. The van der Waals surface area contributed by atoms with E-state index < -0.39 is 0 Å². The molecule has 2 rings (SSSR count). The number of halogens is 2. The number of aryl methyl sites for hydroxylation is 1. The van der Waals surface area contributed by atoms with Crippen LogP contribution in [0.1, 0.15) is 11.3 Å². The van der Waals surface area contributed by atoms with Crippen LogP contribution in [0.2, 0.25) is 0 Å². The van der Waals surface area contributed by atoms with Crippen LogP contribution in [0.3, 0.4) is 0 Å². The topological polar surface area (TPSA) is 48.7 Å². The highest BCUT2D eigenvalue weighted by Crippen LogP contribution is 2.27. The van der Waals surface area contributed by atoms with E-state index in [4.69, 9.17) is 5.26 Å². The number of benzene rings is 1. The van der Waals surface area contributed by atoms with E-state index in [9.17, 15) is 4.39 Å². The number of pyridine rings is 1. The molecule has 1 N–H and O–H groups in total. The van der Waals surface area contributed by atoms with E-state index in [1.54, 1.807) is 18.2 Å². The maximum Gasteiger partial charge on any atom is 0.148 e. The molecule has 0 unspecified atom stereocenters. The van der Waals surface area contributed by atoms with Gasteiger partial charge in [-0.15, -0.1) is 0 Å². The summed E-state index contributed by atoms with van der Waals surface area (Å²) in [5.74, 6) is 0.134. The summed E-state index contributed by atoms with van der Waals surface area (Å²) in [6.07, 6.45) is 0. The van der Waals surface area contributed by atoms with Crippen molar-refractivity contribution in [1.82, 2.24) is 4.98 Å². The van der Waals surface area contributed by atoms with E-state index in [-0.39, 0.29) is 5.82 Å². The molecule has 3 nitrogen and oxygen atoms in total. The molecule has 0 spiro atoms. The van der Waals surface area contributed by atoms with Gasteiger partial charge in [-0.25, -0.2) is 9.37 Å². The highest BCUT2D eigenvalue weighted by molar-refractivity contribution is 9.10. The first-order chi connectivity index (χ1) is 8.60. The summed E-state index contributed by atoms with van der Waals surface area (Å²) in [4.78, 5) is 4.25. The van der Waals surface area contributed by atoms with Crippen LogP contribution in [0, 0.1) is 24.1 Å². The summed E-state index contributed by atoms with van der Waals surface area (Å²) in [7, 11) is 0. The monoisotopic (exact) mass is 305 g/mol. The molecule has 0 aliphatic rings. The Bertz CT molecular complexity index is 635. The van der Waals surface area contributed by atoms with Crippen molar-refractivity contribution in [3.8, 4) is 6.07 Å². The second-order valence-electron chi connectivity index (χ2n) is 3.71. The van der Waals surface area contributed by atoms with Crippen molar-refractivity contribution in [2.45, 2.75) is 6.92 Å². The van der Waals surface area contributed by atoms with E-state index in [2.05, 4.69) is 32.3 Å². The molecule has 0 saturated heterocycles. The van der Waals surface area contributed by atoms with Crippen molar-refractivity contribution in [3.63, 3.8) is 0 Å². The van der Waals surface area contributed by atoms with Crippen molar-refractivity contribution in [1.29, 1.82) is 5.26 Å². The summed E-state index contributed by atoms with van der Waals surface area (Å²) in [6, 6.07) is 9.80. The molecular formula is C13H9BrFN3. The van der Waals surface area contributed by atoms with Gasteiger partial charge < -0.3 is 5.32 Å². The lowest BCUT2D eigenvalue weighted by atomic mass is 10.2. The minimum Gasteiger partial charge on any atom is -0.338 e. The normalized spacial score (nSPS) is 9.89. The lowest BCUT2D eigenvalue weighted by Gasteiger charge is -2.09. The molecule has 0 amide bonds. The van der Waals surface area contributed by atoms with Gasteiger partial charge in [0, 0.05) is 10.2 Å². The Kier molecular flexibility index (Phi) is 3.58. The first-order valence-corrected chi connectivity index (χ1v) is 5.99. The zero-order valence-electron chi connectivity index (χ0n) is 9.54. The summed E-state index contributed by atoms with van der Waals surface area (Å²) in [5.41, 5.74) is 1.90. The quantitative estimate of drug-likeness (QED) is 0.915. The molecule has 18 heavy (non-hydrogen) atoms. The average Bonchev–Trinajstić information content (AvgIpc) is 2.33. The molecule has 0 radical (unpaired) electrons. The van der Waals surface area contributed by atoms with Gasteiger partial charge in [-0.05, 0) is 53.2 Å². The van der Waals surface area contributed by atoms with Gasteiger partial charge >= 0.3 is 0 Å². The predicted molar refractivity (Wildman–Crippen MR) is 71.1 cm³/mol. The van der Waals surface area contributed by atoms with E-state index in [0.717, 1.165) is 5.69 Å². The van der Waals surface area contributed by atoms with Crippen molar-refractivity contribution >= 4 is 27.4 Å². The van der Waals surface area contributed by atoms with Crippen LogP contribution in [0.25, 0.3) is 0 Å². The number of anilines is 2. The zero-order valence-corrected chi connectivity index (χ0v) is 11.1. The molecule has 0 saturated carbocycles. The van der Waals surface area contributed by atoms with Crippen LogP contribution in [0.15, 0.2) is 34.8 Å². The number of nitrogens with one attached hydrogen (secondary N) is 1. The molecule has 2 aromatic rings. The lowest BCUT2D eigenvalue weighted by molar-refractivity contribution is 0.627. The Hall–Kier alpha value is -1.93. The number of aromatic nitrogens is 1. The largest absolute Gasteiger partial charge is 0.338 e. The molecule has 0 aliphatic carbocycles. The standard InChI is InChI=1S/C13H9BrFN3/c1-8-2-3-9(7-16)13(17-8)18-12-5-4-10(15)6-11(12)14/h2-6H,1H3,(H,17,18). The molecular weight excluding hydrogens is 297 g/mol. The van der Waals surface area contributed by atoms with Crippen molar-refractivity contribution in [2.24, 2.45) is 0 Å². The van der Waals surface area contributed by atoms with Crippen LogP contribution >= 0.6 is 15.9 Å². The number of hydrogen-bond donors (Lipinski definition) is 1. The van der Waals surface area contributed by atoms with E-state index in [1.165, 1.54) is 12.1 Å². The highest BCUT2D eigenvalue weighted by Gasteiger charge is 2.07. The molecule has 0 aliphatic heterocycles. The lowest BCUT2D eigenvalue weighted by Crippen LogP contribution is -1.99. The summed E-state index contributed by atoms with van der Waals surface area (Å²) < 4.78 is 13.5. The fraction of sp³-hybridized carbons (Fsp3) is 0.0769. The Morgan fingerprint density at radius 3 is 2.78 bits per heavy atom. The molecule has 1 aromatic carbocycles. The first kappa shape index (κ1) is 12.5. The Morgan fingerprint density at radius 2 is 2.11 bits per heavy atom. The Balaban J connectivity index is 2.40. The summed E-state index contributed by atoms with van der Waals surface area (Å²) in [6.45, 7) is 1.84. The maximum atomic E-state index is 13.0. The van der Waals surface area contributed by atoms with E-state index in [0.29, 0.717) is 21.5 Å². The summed E-state index contributed by atoms with van der Waals surface area (Å²) in [5, 5.41) is 12.0. The number of rotatable bonds is 2. The molecule has 5 heteroatoms. The van der Waals surface area contributed by atoms with Crippen LogP contribution in [0.5, 0.6) is 0 Å². The molecule has 90 valence electrons. The predicted octanol–water partition coefficient (Wildman–Crippen LogP) is 3.91. The fourth-order valence-corrected chi connectivity index (χ4v) is 1.91. The van der Waals surface area contributed by atoms with Gasteiger partial charge in [-0.3, -0.25) is 0 Å². The molecule has 1 aromatic heterocycles. The number of hydrogen-bond acceptors (Lipinski definition) is 3. The second kappa shape index (κ2) is 5.15. The molecule has 1 heterocycles. The molecule has 0 fully saturated rings.